The first kappa shape index (κ1) is 24.4. The Bertz CT molecular complexity index is 987. The Morgan fingerprint density at radius 2 is 1.73 bits per heavy atom. The van der Waals surface area contributed by atoms with E-state index in [1.807, 2.05) is 53.4 Å². The van der Waals surface area contributed by atoms with Crippen molar-refractivity contribution >= 4 is 29.4 Å². The zero-order chi connectivity index (χ0) is 23.6. The molecule has 1 aliphatic rings. The van der Waals surface area contributed by atoms with Crippen molar-refractivity contribution in [1.82, 2.24) is 0 Å². The van der Waals surface area contributed by atoms with Crippen molar-refractivity contribution in [3.63, 3.8) is 0 Å². The van der Waals surface area contributed by atoms with Gasteiger partial charge in [0.05, 0.1) is 13.7 Å². The number of methoxy groups -OCH3 is 1. The minimum Gasteiger partial charge on any atom is -0.469 e. The average Bonchev–Trinajstić information content (AvgIpc) is 2.85. The fraction of sp³-hybridized carbons (Fsp3) is 0.393. The van der Waals surface area contributed by atoms with Crippen LogP contribution in [-0.2, 0) is 32.1 Å². The maximum atomic E-state index is 13.6. The summed E-state index contributed by atoms with van der Waals surface area (Å²) >= 11 is 0. The van der Waals surface area contributed by atoms with Crippen LogP contribution in [0.3, 0.4) is 0 Å². The van der Waals surface area contributed by atoms with Gasteiger partial charge in [-0.15, -0.1) is 0 Å². The number of hydrogen-bond acceptors (Lipinski definition) is 4. The molecule has 0 spiro atoms. The van der Waals surface area contributed by atoms with Crippen LogP contribution in [0.2, 0.25) is 0 Å². The molecule has 1 fully saturated rings. The highest BCUT2D eigenvalue weighted by atomic mass is 16.5. The Kier molecular flexibility index (Phi) is 8.99. The van der Waals surface area contributed by atoms with Gasteiger partial charge in [0, 0.05) is 18.0 Å². The Hall–Kier alpha value is -3.21. The molecule has 1 saturated carbocycles. The number of allylic oxidation sites excluding steroid dienone is 1. The number of nitrogens with zero attached hydrogens (tertiary/aromatic N) is 1. The quantitative estimate of drug-likeness (QED) is 0.376. The fourth-order valence-electron chi connectivity index (χ4n) is 4.23. The number of esters is 1. The Morgan fingerprint density at radius 1 is 1.00 bits per heavy atom. The van der Waals surface area contributed by atoms with E-state index in [4.69, 9.17) is 4.74 Å². The van der Waals surface area contributed by atoms with Gasteiger partial charge in [-0.3, -0.25) is 14.4 Å². The molecule has 0 heterocycles. The second-order valence-electron chi connectivity index (χ2n) is 8.69. The third-order valence-corrected chi connectivity index (χ3v) is 6.12. The number of aryl methyl sites for hydroxylation is 1. The molecular formula is C28H33NO4. The Balaban J connectivity index is 1.83. The van der Waals surface area contributed by atoms with Crippen LogP contribution in [0.1, 0.15) is 62.1 Å². The minimum atomic E-state index is -0.241. The van der Waals surface area contributed by atoms with Gasteiger partial charge in [0.25, 0.3) is 0 Å². The van der Waals surface area contributed by atoms with Gasteiger partial charge in [-0.1, -0.05) is 61.7 Å². The van der Waals surface area contributed by atoms with Crippen molar-refractivity contribution < 1.29 is 19.1 Å². The lowest BCUT2D eigenvalue weighted by molar-refractivity contribution is -0.140. The van der Waals surface area contributed by atoms with Crippen molar-refractivity contribution in [3.05, 3.63) is 71.3 Å². The number of anilines is 1. The number of carbonyl (C=O) groups is 3. The van der Waals surface area contributed by atoms with Gasteiger partial charge in [-0.25, -0.2) is 0 Å². The molecule has 0 radical (unpaired) electrons. The van der Waals surface area contributed by atoms with E-state index in [1.165, 1.54) is 20.5 Å². The third-order valence-electron chi connectivity index (χ3n) is 6.12. The highest BCUT2D eigenvalue weighted by Crippen LogP contribution is 2.29. The number of carbonyl (C=O) groups excluding carboxylic acids is 3. The number of ether oxygens (including phenoxy) is 1. The maximum absolute atomic E-state index is 13.6. The predicted octanol–water partition coefficient (Wildman–Crippen LogP) is 5.51. The zero-order valence-electron chi connectivity index (χ0n) is 19.6. The zero-order valence-corrected chi connectivity index (χ0v) is 19.6. The highest BCUT2D eigenvalue weighted by molar-refractivity contribution is 5.95. The first-order valence-electron chi connectivity index (χ1n) is 11.7. The molecule has 0 N–H and O–H groups in total. The lowest BCUT2D eigenvalue weighted by Gasteiger charge is -2.30. The lowest BCUT2D eigenvalue weighted by Crippen LogP contribution is -2.36. The molecule has 33 heavy (non-hydrogen) atoms. The molecule has 3 rings (SSSR count). The smallest absolute Gasteiger partial charge is 0.305 e. The molecule has 174 valence electrons. The van der Waals surface area contributed by atoms with Gasteiger partial charge >= 0.3 is 5.97 Å². The van der Waals surface area contributed by atoms with Crippen molar-refractivity contribution in [2.75, 3.05) is 12.0 Å². The number of ketones is 1. The molecule has 1 amide bonds. The molecule has 0 saturated heterocycles. The molecule has 1 aliphatic carbocycles. The maximum Gasteiger partial charge on any atom is 0.305 e. The summed E-state index contributed by atoms with van der Waals surface area (Å²) in [4.78, 5) is 38.2. The van der Waals surface area contributed by atoms with E-state index in [-0.39, 0.29) is 23.6 Å². The predicted molar refractivity (Wildman–Crippen MR) is 131 cm³/mol. The SMILES string of the molecule is COC(=O)CCc1cccc(N(Cc2ccc(/C=C/C(C)=O)cc2)C(=O)C2CCCCC2)c1. The van der Waals surface area contributed by atoms with Gasteiger partial charge in [0.2, 0.25) is 5.91 Å². The lowest BCUT2D eigenvalue weighted by atomic mass is 9.88. The normalized spacial score (nSPS) is 14.2. The van der Waals surface area contributed by atoms with Gasteiger partial charge in [-0.05, 0) is 61.1 Å². The van der Waals surface area contributed by atoms with E-state index in [2.05, 4.69) is 0 Å². The summed E-state index contributed by atoms with van der Waals surface area (Å²) in [6.45, 7) is 2.01. The average molecular weight is 448 g/mol. The van der Waals surface area contributed by atoms with E-state index >= 15 is 0 Å². The largest absolute Gasteiger partial charge is 0.469 e. The van der Waals surface area contributed by atoms with Crippen LogP contribution in [0.5, 0.6) is 0 Å². The summed E-state index contributed by atoms with van der Waals surface area (Å²) < 4.78 is 4.76. The molecular weight excluding hydrogens is 414 g/mol. The van der Waals surface area contributed by atoms with Crippen molar-refractivity contribution in [2.45, 2.75) is 58.4 Å². The fourth-order valence-corrected chi connectivity index (χ4v) is 4.23. The number of amides is 1. The van der Waals surface area contributed by atoms with E-state index < -0.39 is 0 Å². The summed E-state index contributed by atoms with van der Waals surface area (Å²) in [5.41, 5.74) is 3.83. The number of rotatable bonds is 9. The third kappa shape index (κ3) is 7.41. The standard InChI is InChI=1S/C28H33NO4/c1-21(30)11-12-22-13-15-24(16-14-22)20-29(28(32)25-8-4-3-5-9-25)26-10-6-7-23(19-26)17-18-27(31)33-2/h6-7,10-16,19,25H,3-5,8-9,17-18,20H2,1-2H3/b12-11+. The molecule has 0 aromatic heterocycles. The summed E-state index contributed by atoms with van der Waals surface area (Å²) in [5.74, 6) is -0.0134. The van der Waals surface area contributed by atoms with Crippen LogP contribution in [0.15, 0.2) is 54.6 Å². The van der Waals surface area contributed by atoms with Gasteiger partial charge in [0.1, 0.15) is 0 Å². The monoisotopic (exact) mass is 447 g/mol. The second kappa shape index (κ2) is 12.1. The first-order valence-corrected chi connectivity index (χ1v) is 11.7. The van der Waals surface area contributed by atoms with E-state index in [9.17, 15) is 14.4 Å². The molecule has 0 bridgehead atoms. The number of hydrogen-bond donors (Lipinski definition) is 0. The molecule has 2 aromatic rings. The van der Waals surface area contributed by atoms with Crippen molar-refractivity contribution in [1.29, 1.82) is 0 Å². The van der Waals surface area contributed by atoms with Crippen LogP contribution in [0, 0.1) is 5.92 Å². The summed E-state index contributed by atoms with van der Waals surface area (Å²) in [7, 11) is 1.39. The number of benzene rings is 2. The van der Waals surface area contributed by atoms with Crippen LogP contribution in [-0.4, -0.2) is 24.8 Å². The van der Waals surface area contributed by atoms with E-state index in [0.717, 1.165) is 48.1 Å². The summed E-state index contributed by atoms with van der Waals surface area (Å²) in [6, 6.07) is 15.8. The summed E-state index contributed by atoms with van der Waals surface area (Å²) in [6.07, 6.45) is 9.49. The molecule has 0 aliphatic heterocycles. The van der Waals surface area contributed by atoms with Crippen LogP contribution in [0.4, 0.5) is 5.69 Å². The van der Waals surface area contributed by atoms with Gasteiger partial charge < -0.3 is 9.64 Å². The van der Waals surface area contributed by atoms with Crippen molar-refractivity contribution in [2.24, 2.45) is 5.92 Å². The van der Waals surface area contributed by atoms with E-state index in [1.54, 1.807) is 12.2 Å². The molecule has 5 heteroatoms. The van der Waals surface area contributed by atoms with Crippen LogP contribution < -0.4 is 4.90 Å². The van der Waals surface area contributed by atoms with E-state index in [0.29, 0.717) is 19.4 Å². The Morgan fingerprint density at radius 3 is 2.39 bits per heavy atom. The van der Waals surface area contributed by atoms with Crippen LogP contribution in [0.25, 0.3) is 6.08 Å². The molecule has 0 unspecified atom stereocenters. The highest BCUT2D eigenvalue weighted by Gasteiger charge is 2.27. The molecule has 5 nitrogen and oxygen atoms in total. The minimum absolute atomic E-state index is 0.00964. The second-order valence-corrected chi connectivity index (χ2v) is 8.69. The topological polar surface area (TPSA) is 63.7 Å². The Labute approximate surface area is 196 Å². The first-order chi connectivity index (χ1) is 16.0. The van der Waals surface area contributed by atoms with Gasteiger partial charge in [0.15, 0.2) is 5.78 Å². The van der Waals surface area contributed by atoms with Crippen molar-refractivity contribution in [3.8, 4) is 0 Å². The molecule has 2 aromatic carbocycles. The van der Waals surface area contributed by atoms with Gasteiger partial charge in [-0.2, -0.15) is 0 Å². The summed E-state index contributed by atoms with van der Waals surface area (Å²) in [5, 5.41) is 0. The molecule has 0 atom stereocenters. The van der Waals surface area contributed by atoms with Crippen LogP contribution >= 0.6 is 0 Å².